The minimum absolute atomic E-state index is 0.191. The Bertz CT molecular complexity index is 624. The Kier molecular flexibility index (Phi) is 4.77. The van der Waals surface area contributed by atoms with Gasteiger partial charge in [-0.3, -0.25) is 9.78 Å². The highest BCUT2D eigenvalue weighted by Crippen LogP contribution is 2.19. The quantitative estimate of drug-likeness (QED) is 0.886. The van der Waals surface area contributed by atoms with E-state index in [1.54, 1.807) is 37.6 Å². The molecule has 0 bridgehead atoms. The monoisotopic (exact) mass is 285 g/mol. The van der Waals surface area contributed by atoms with E-state index in [1.165, 1.54) is 0 Å². The van der Waals surface area contributed by atoms with Crippen LogP contribution in [0.5, 0.6) is 5.75 Å². The summed E-state index contributed by atoms with van der Waals surface area (Å²) < 4.78 is 5.09. The Morgan fingerprint density at radius 1 is 1.29 bits per heavy atom. The van der Waals surface area contributed by atoms with Crippen LogP contribution >= 0.6 is 0 Å². The second kappa shape index (κ2) is 6.74. The first-order chi connectivity index (χ1) is 10.1. The fraction of sp³-hybridized carbons (Fsp3) is 0.250. The topological polar surface area (TPSA) is 63.2 Å². The smallest absolute Gasteiger partial charge is 0.259 e. The number of ether oxygens (including phenoxy) is 1. The van der Waals surface area contributed by atoms with Gasteiger partial charge in [-0.15, -0.1) is 0 Å². The number of hydrogen-bond acceptors (Lipinski definition) is 4. The third kappa shape index (κ3) is 3.72. The van der Waals surface area contributed by atoms with Crippen LogP contribution in [-0.4, -0.2) is 24.5 Å². The molecule has 0 spiro atoms. The highest BCUT2D eigenvalue weighted by Gasteiger charge is 2.12. The third-order valence-corrected chi connectivity index (χ3v) is 3.00. The molecule has 0 aliphatic rings. The van der Waals surface area contributed by atoms with E-state index in [2.05, 4.69) is 15.6 Å². The Balaban J connectivity index is 2.19. The van der Waals surface area contributed by atoms with Crippen molar-refractivity contribution >= 4 is 17.3 Å². The number of pyridine rings is 1. The molecule has 110 valence electrons. The zero-order valence-corrected chi connectivity index (χ0v) is 12.4. The number of benzene rings is 1. The zero-order chi connectivity index (χ0) is 15.2. The number of amides is 1. The summed E-state index contributed by atoms with van der Waals surface area (Å²) in [6.07, 6.45) is 1.59. The van der Waals surface area contributed by atoms with Gasteiger partial charge < -0.3 is 15.4 Å². The maximum Gasteiger partial charge on any atom is 0.259 e. The van der Waals surface area contributed by atoms with Crippen LogP contribution in [0.25, 0.3) is 0 Å². The molecule has 1 heterocycles. The van der Waals surface area contributed by atoms with Gasteiger partial charge in [-0.2, -0.15) is 0 Å². The lowest BCUT2D eigenvalue weighted by atomic mass is 10.2. The van der Waals surface area contributed by atoms with Gasteiger partial charge in [0.2, 0.25) is 0 Å². The van der Waals surface area contributed by atoms with Gasteiger partial charge in [0.15, 0.2) is 0 Å². The highest BCUT2D eigenvalue weighted by molar-refractivity contribution is 6.07. The number of aromatic nitrogens is 1. The van der Waals surface area contributed by atoms with E-state index in [1.807, 2.05) is 19.9 Å². The van der Waals surface area contributed by atoms with Crippen LogP contribution in [0.3, 0.4) is 0 Å². The molecule has 0 unspecified atom stereocenters. The van der Waals surface area contributed by atoms with Gasteiger partial charge in [-0.05, 0) is 44.2 Å². The van der Waals surface area contributed by atoms with Gasteiger partial charge in [-0.25, -0.2) is 0 Å². The molecular weight excluding hydrogens is 266 g/mol. The van der Waals surface area contributed by atoms with Crippen LogP contribution in [0.4, 0.5) is 11.4 Å². The van der Waals surface area contributed by atoms with Crippen molar-refractivity contribution in [3.8, 4) is 5.75 Å². The van der Waals surface area contributed by atoms with Crippen molar-refractivity contribution < 1.29 is 9.53 Å². The Morgan fingerprint density at radius 3 is 2.62 bits per heavy atom. The van der Waals surface area contributed by atoms with E-state index >= 15 is 0 Å². The number of carbonyl (C=O) groups is 1. The van der Waals surface area contributed by atoms with Crippen LogP contribution in [0, 0.1) is 6.92 Å². The Morgan fingerprint density at radius 2 is 2.00 bits per heavy atom. The normalized spacial score (nSPS) is 10.0. The van der Waals surface area contributed by atoms with E-state index in [0.29, 0.717) is 11.3 Å². The number of rotatable bonds is 5. The molecular formula is C16H19N3O2. The van der Waals surface area contributed by atoms with Gasteiger partial charge >= 0.3 is 0 Å². The summed E-state index contributed by atoms with van der Waals surface area (Å²) in [6, 6.07) is 9.06. The molecule has 0 radical (unpaired) electrons. The minimum atomic E-state index is -0.191. The molecule has 2 aromatic rings. The van der Waals surface area contributed by atoms with Crippen molar-refractivity contribution in [2.24, 2.45) is 0 Å². The van der Waals surface area contributed by atoms with Gasteiger partial charge in [0, 0.05) is 24.1 Å². The molecule has 0 aliphatic heterocycles. The fourth-order valence-corrected chi connectivity index (χ4v) is 1.95. The summed E-state index contributed by atoms with van der Waals surface area (Å²) in [6.45, 7) is 4.62. The molecule has 1 aromatic heterocycles. The molecule has 1 amide bonds. The van der Waals surface area contributed by atoms with Crippen LogP contribution in [-0.2, 0) is 0 Å². The predicted octanol–water partition coefficient (Wildman–Crippen LogP) is 3.08. The average molecular weight is 285 g/mol. The van der Waals surface area contributed by atoms with Crippen molar-refractivity contribution in [2.75, 3.05) is 24.3 Å². The van der Waals surface area contributed by atoms with E-state index < -0.39 is 0 Å². The summed E-state index contributed by atoms with van der Waals surface area (Å²) in [5.41, 5.74) is 2.89. The molecule has 2 N–H and O–H groups in total. The standard InChI is InChI=1S/C16H19N3O2/c1-4-17-15-9-11(2)18-10-14(15)16(20)19-12-5-7-13(21-3)8-6-12/h5-10H,4H2,1-3H3,(H,17,18)(H,19,20). The molecule has 5 nitrogen and oxygen atoms in total. The maximum absolute atomic E-state index is 12.4. The van der Waals surface area contributed by atoms with E-state index in [9.17, 15) is 4.79 Å². The van der Waals surface area contributed by atoms with Gasteiger partial charge in [0.25, 0.3) is 5.91 Å². The SMILES string of the molecule is CCNc1cc(C)ncc1C(=O)Nc1ccc(OC)cc1. The molecule has 1 aromatic carbocycles. The van der Waals surface area contributed by atoms with Gasteiger partial charge in [-0.1, -0.05) is 0 Å². The van der Waals surface area contributed by atoms with Crippen molar-refractivity contribution in [3.05, 3.63) is 47.8 Å². The van der Waals surface area contributed by atoms with E-state index in [-0.39, 0.29) is 5.91 Å². The number of aryl methyl sites for hydroxylation is 1. The van der Waals surface area contributed by atoms with Crippen LogP contribution in [0.2, 0.25) is 0 Å². The zero-order valence-electron chi connectivity index (χ0n) is 12.4. The largest absolute Gasteiger partial charge is 0.497 e. The van der Waals surface area contributed by atoms with Crippen molar-refractivity contribution in [3.63, 3.8) is 0 Å². The summed E-state index contributed by atoms with van der Waals surface area (Å²) in [4.78, 5) is 16.5. The fourth-order valence-electron chi connectivity index (χ4n) is 1.95. The lowest BCUT2D eigenvalue weighted by Gasteiger charge is -2.11. The van der Waals surface area contributed by atoms with E-state index in [4.69, 9.17) is 4.74 Å². The lowest BCUT2D eigenvalue weighted by Crippen LogP contribution is -2.15. The predicted molar refractivity (Wildman–Crippen MR) is 84.1 cm³/mol. The summed E-state index contributed by atoms with van der Waals surface area (Å²) in [5, 5.41) is 6.03. The molecule has 0 fully saturated rings. The third-order valence-electron chi connectivity index (χ3n) is 3.00. The summed E-state index contributed by atoms with van der Waals surface area (Å²) in [5.74, 6) is 0.557. The molecule has 21 heavy (non-hydrogen) atoms. The van der Waals surface area contributed by atoms with Gasteiger partial charge in [0.05, 0.1) is 18.4 Å². The first-order valence-corrected chi connectivity index (χ1v) is 6.80. The number of nitrogens with zero attached hydrogens (tertiary/aromatic N) is 1. The molecule has 0 aliphatic carbocycles. The number of anilines is 2. The molecule has 0 atom stereocenters. The minimum Gasteiger partial charge on any atom is -0.497 e. The second-order valence-electron chi connectivity index (χ2n) is 4.58. The van der Waals surface area contributed by atoms with Crippen molar-refractivity contribution in [1.82, 2.24) is 4.98 Å². The molecule has 2 rings (SSSR count). The number of carbonyl (C=O) groups excluding carboxylic acids is 1. The summed E-state index contributed by atoms with van der Waals surface area (Å²) >= 11 is 0. The summed E-state index contributed by atoms with van der Waals surface area (Å²) in [7, 11) is 1.61. The van der Waals surface area contributed by atoms with Crippen LogP contribution in [0.15, 0.2) is 36.5 Å². The van der Waals surface area contributed by atoms with Crippen LogP contribution < -0.4 is 15.4 Å². The first kappa shape index (κ1) is 14.8. The number of hydrogen-bond donors (Lipinski definition) is 2. The number of methoxy groups -OCH3 is 1. The highest BCUT2D eigenvalue weighted by atomic mass is 16.5. The average Bonchev–Trinajstić information content (AvgIpc) is 2.48. The van der Waals surface area contributed by atoms with Crippen molar-refractivity contribution in [1.29, 1.82) is 0 Å². The maximum atomic E-state index is 12.4. The first-order valence-electron chi connectivity index (χ1n) is 6.80. The number of nitrogens with one attached hydrogen (secondary N) is 2. The van der Waals surface area contributed by atoms with E-state index in [0.717, 1.165) is 23.7 Å². The van der Waals surface area contributed by atoms with Gasteiger partial charge in [0.1, 0.15) is 5.75 Å². The molecule has 5 heteroatoms. The molecule has 0 saturated carbocycles. The molecule has 0 saturated heterocycles. The second-order valence-corrected chi connectivity index (χ2v) is 4.58. The van der Waals surface area contributed by atoms with Crippen molar-refractivity contribution in [2.45, 2.75) is 13.8 Å². The Hall–Kier alpha value is -2.56. The Labute approximate surface area is 124 Å². The van der Waals surface area contributed by atoms with Crippen LogP contribution in [0.1, 0.15) is 23.0 Å². The lowest BCUT2D eigenvalue weighted by molar-refractivity contribution is 0.102.